The van der Waals surface area contributed by atoms with E-state index < -0.39 is 0 Å². The van der Waals surface area contributed by atoms with Crippen LogP contribution in [0.3, 0.4) is 0 Å². The average molecular weight is 176 g/mol. The van der Waals surface area contributed by atoms with E-state index in [1.807, 2.05) is 31.2 Å². The Balaban J connectivity index is 2.15. The molecule has 0 bridgehead atoms. The van der Waals surface area contributed by atoms with Crippen molar-refractivity contribution in [2.24, 2.45) is 0 Å². The number of hydrogen-bond acceptors (Lipinski definition) is 3. The summed E-state index contributed by atoms with van der Waals surface area (Å²) in [6.45, 7) is 2.77. The number of hydrogen-bond donors (Lipinski definition) is 0. The van der Waals surface area contributed by atoms with Crippen LogP contribution in [0.1, 0.15) is 6.92 Å². The van der Waals surface area contributed by atoms with Crippen LogP contribution in [0.2, 0.25) is 0 Å². The molecule has 1 atom stereocenters. The van der Waals surface area contributed by atoms with E-state index in [1.54, 1.807) is 11.3 Å². The SMILES string of the molecule is CC1C=CCN(c2ccccn2)O1. The predicted molar refractivity (Wildman–Crippen MR) is 51.3 cm³/mol. The number of rotatable bonds is 1. The molecule has 68 valence electrons. The van der Waals surface area contributed by atoms with Crippen LogP contribution in [-0.4, -0.2) is 17.6 Å². The monoisotopic (exact) mass is 176 g/mol. The summed E-state index contributed by atoms with van der Waals surface area (Å²) >= 11 is 0. The van der Waals surface area contributed by atoms with E-state index in [2.05, 4.69) is 11.1 Å². The number of aromatic nitrogens is 1. The molecule has 0 aromatic carbocycles. The van der Waals surface area contributed by atoms with Crippen LogP contribution in [0, 0.1) is 0 Å². The molecule has 0 amide bonds. The van der Waals surface area contributed by atoms with Crippen LogP contribution >= 0.6 is 0 Å². The third-order valence-electron chi connectivity index (χ3n) is 1.88. The molecule has 1 unspecified atom stereocenters. The molecule has 0 aliphatic carbocycles. The molecule has 3 heteroatoms. The summed E-state index contributed by atoms with van der Waals surface area (Å²) in [5.74, 6) is 0.860. The van der Waals surface area contributed by atoms with Gasteiger partial charge in [-0.2, -0.15) is 0 Å². The smallest absolute Gasteiger partial charge is 0.152 e. The largest absolute Gasteiger partial charge is 0.265 e. The summed E-state index contributed by atoms with van der Waals surface area (Å²) in [4.78, 5) is 9.76. The molecule has 1 aromatic heterocycles. The first-order chi connectivity index (χ1) is 6.36. The Kier molecular flexibility index (Phi) is 2.27. The van der Waals surface area contributed by atoms with Gasteiger partial charge in [-0.25, -0.2) is 10.0 Å². The first kappa shape index (κ1) is 8.26. The summed E-state index contributed by atoms with van der Waals surface area (Å²) in [6.07, 6.45) is 6.03. The van der Waals surface area contributed by atoms with Gasteiger partial charge in [0.25, 0.3) is 0 Å². The molecule has 1 aliphatic rings. The van der Waals surface area contributed by atoms with Gasteiger partial charge in [-0.3, -0.25) is 4.84 Å². The number of pyridine rings is 1. The van der Waals surface area contributed by atoms with Gasteiger partial charge in [-0.1, -0.05) is 18.2 Å². The van der Waals surface area contributed by atoms with Crippen LogP contribution < -0.4 is 5.06 Å². The highest BCUT2D eigenvalue weighted by atomic mass is 16.7. The molecule has 0 saturated carbocycles. The van der Waals surface area contributed by atoms with Gasteiger partial charge in [0.15, 0.2) is 5.82 Å². The molecule has 0 fully saturated rings. The van der Waals surface area contributed by atoms with Crippen molar-refractivity contribution in [3.63, 3.8) is 0 Å². The highest BCUT2D eigenvalue weighted by Crippen LogP contribution is 2.14. The maximum atomic E-state index is 5.56. The van der Waals surface area contributed by atoms with Gasteiger partial charge in [0.1, 0.15) is 6.10 Å². The Morgan fingerprint density at radius 1 is 1.54 bits per heavy atom. The normalized spacial score (nSPS) is 21.9. The number of anilines is 1. The Labute approximate surface area is 77.6 Å². The molecule has 1 aliphatic heterocycles. The fourth-order valence-corrected chi connectivity index (χ4v) is 1.28. The molecule has 3 nitrogen and oxygen atoms in total. The standard InChI is InChI=1S/C10H12N2O/c1-9-5-4-8-12(13-9)10-6-2-3-7-11-10/h2-7,9H,8H2,1H3. The molecule has 13 heavy (non-hydrogen) atoms. The molecule has 0 spiro atoms. The fraction of sp³-hybridized carbons (Fsp3) is 0.300. The Hall–Kier alpha value is -1.35. The van der Waals surface area contributed by atoms with Crippen molar-refractivity contribution < 1.29 is 4.84 Å². The molecule has 2 rings (SSSR count). The highest BCUT2D eigenvalue weighted by molar-refractivity contribution is 5.36. The second kappa shape index (κ2) is 3.58. The van der Waals surface area contributed by atoms with Crippen molar-refractivity contribution in [2.45, 2.75) is 13.0 Å². The molecular formula is C10H12N2O. The maximum absolute atomic E-state index is 5.56. The van der Waals surface area contributed by atoms with Gasteiger partial charge < -0.3 is 0 Å². The van der Waals surface area contributed by atoms with E-state index in [9.17, 15) is 0 Å². The lowest BCUT2D eigenvalue weighted by molar-refractivity contribution is 0.0689. The minimum atomic E-state index is 0.135. The quantitative estimate of drug-likeness (QED) is 0.610. The van der Waals surface area contributed by atoms with Crippen LogP contribution in [0.5, 0.6) is 0 Å². The third-order valence-corrected chi connectivity index (χ3v) is 1.88. The fourth-order valence-electron chi connectivity index (χ4n) is 1.28. The van der Waals surface area contributed by atoms with Crippen LogP contribution in [0.25, 0.3) is 0 Å². The Bertz CT molecular complexity index is 297. The van der Waals surface area contributed by atoms with Crippen molar-refractivity contribution in [1.82, 2.24) is 4.98 Å². The van der Waals surface area contributed by atoms with Crippen LogP contribution in [-0.2, 0) is 4.84 Å². The van der Waals surface area contributed by atoms with E-state index >= 15 is 0 Å². The molecule has 0 N–H and O–H groups in total. The topological polar surface area (TPSA) is 25.4 Å². The van der Waals surface area contributed by atoms with E-state index in [-0.39, 0.29) is 6.10 Å². The first-order valence-corrected chi connectivity index (χ1v) is 4.38. The van der Waals surface area contributed by atoms with Crippen molar-refractivity contribution in [3.05, 3.63) is 36.5 Å². The van der Waals surface area contributed by atoms with E-state index in [4.69, 9.17) is 4.84 Å². The minimum absolute atomic E-state index is 0.135. The summed E-state index contributed by atoms with van der Waals surface area (Å²) in [5, 5.41) is 1.80. The minimum Gasteiger partial charge on any atom is -0.265 e. The lowest BCUT2D eigenvalue weighted by Crippen LogP contribution is -2.31. The first-order valence-electron chi connectivity index (χ1n) is 4.38. The van der Waals surface area contributed by atoms with Crippen molar-refractivity contribution in [2.75, 3.05) is 11.6 Å². The van der Waals surface area contributed by atoms with E-state index in [0.29, 0.717) is 0 Å². The molecule has 0 saturated heterocycles. The van der Waals surface area contributed by atoms with Gasteiger partial charge in [0.05, 0.1) is 6.54 Å². The third kappa shape index (κ3) is 1.87. The Morgan fingerprint density at radius 3 is 3.15 bits per heavy atom. The second-order valence-corrected chi connectivity index (χ2v) is 2.99. The van der Waals surface area contributed by atoms with Gasteiger partial charge in [0, 0.05) is 6.20 Å². The number of nitrogens with zero attached hydrogens (tertiary/aromatic N) is 2. The van der Waals surface area contributed by atoms with Crippen molar-refractivity contribution in [3.8, 4) is 0 Å². The zero-order valence-corrected chi connectivity index (χ0v) is 7.55. The van der Waals surface area contributed by atoms with Crippen LogP contribution in [0.15, 0.2) is 36.5 Å². The van der Waals surface area contributed by atoms with E-state index in [1.165, 1.54) is 0 Å². The van der Waals surface area contributed by atoms with Crippen molar-refractivity contribution in [1.29, 1.82) is 0 Å². The van der Waals surface area contributed by atoms with Gasteiger partial charge in [-0.05, 0) is 19.1 Å². The predicted octanol–water partition coefficient (Wildman–Crippen LogP) is 1.78. The summed E-state index contributed by atoms with van der Waals surface area (Å²) in [7, 11) is 0. The lowest BCUT2D eigenvalue weighted by Gasteiger charge is -2.27. The second-order valence-electron chi connectivity index (χ2n) is 2.99. The summed E-state index contributed by atoms with van der Waals surface area (Å²) in [5.41, 5.74) is 0. The van der Waals surface area contributed by atoms with Crippen molar-refractivity contribution >= 4 is 5.82 Å². The summed E-state index contributed by atoms with van der Waals surface area (Å²) < 4.78 is 0. The molecule has 0 radical (unpaired) electrons. The highest BCUT2D eigenvalue weighted by Gasteiger charge is 2.13. The Morgan fingerprint density at radius 2 is 2.46 bits per heavy atom. The maximum Gasteiger partial charge on any atom is 0.152 e. The molecule has 1 aromatic rings. The molecular weight excluding hydrogens is 164 g/mol. The average Bonchev–Trinajstić information content (AvgIpc) is 2.19. The zero-order chi connectivity index (χ0) is 9.10. The lowest BCUT2D eigenvalue weighted by atomic mass is 10.3. The van der Waals surface area contributed by atoms with Crippen LogP contribution in [0.4, 0.5) is 5.82 Å². The van der Waals surface area contributed by atoms with Gasteiger partial charge in [0.2, 0.25) is 0 Å². The summed E-state index contributed by atoms with van der Waals surface area (Å²) in [6, 6.07) is 5.78. The van der Waals surface area contributed by atoms with Gasteiger partial charge >= 0.3 is 0 Å². The van der Waals surface area contributed by atoms with E-state index in [0.717, 1.165) is 12.4 Å². The van der Waals surface area contributed by atoms with Gasteiger partial charge in [-0.15, -0.1) is 0 Å². The molecule has 2 heterocycles. The zero-order valence-electron chi connectivity index (χ0n) is 7.55. The number of hydroxylamine groups is 1.